The van der Waals surface area contributed by atoms with Crippen molar-refractivity contribution in [3.05, 3.63) is 120 Å². The molecule has 0 amide bonds. The molecule has 0 bridgehead atoms. The summed E-state index contributed by atoms with van der Waals surface area (Å²) >= 11 is 6.20. The van der Waals surface area contributed by atoms with Gasteiger partial charge in [-0.2, -0.15) is 0 Å². The van der Waals surface area contributed by atoms with E-state index in [4.69, 9.17) is 16.6 Å². The van der Waals surface area contributed by atoms with E-state index in [1.54, 1.807) is 0 Å². The van der Waals surface area contributed by atoms with Crippen LogP contribution < -0.4 is 0 Å². The first-order chi connectivity index (χ1) is 16.3. The van der Waals surface area contributed by atoms with Crippen LogP contribution >= 0.6 is 11.6 Å². The minimum absolute atomic E-state index is 0.473. The van der Waals surface area contributed by atoms with Crippen LogP contribution in [0.3, 0.4) is 0 Å². The van der Waals surface area contributed by atoms with Crippen molar-refractivity contribution in [2.75, 3.05) is 0 Å². The Bertz CT molecular complexity index is 1610. The van der Waals surface area contributed by atoms with Gasteiger partial charge in [0.1, 0.15) is 5.15 Å². The molecule has 0 atom stereocenters. The molecule has 2 aromatic heterocycles. The average molecular weight is 443 g/mol. The molecule has 0 saturated heterocycles. The van der Waals surface area contributed by atoms with Crippen LogP contribution in [-0.2, 0) is 0 Å². The summed E-state index contributed by atoms with van der Waals surface area (Å²) in [7, 11) is 0. The standard InChI is InChI=1S/C30H19ClN2/c31-28-18-15-23-12-11-22-14-17-27(32-29(22)30(23)33-28)24-13-16-25(20-7-3-1-4-8-20)26(19-24)21-9-5-2-6-10-21/h1-19H. The molecule has 156 valence electrons. The predicted octanol–water partition coefficient (Wildman–Crippen LogP) is 8.44. The maximum atomic E-state index is 6.20. The summed E-state index contributed by atoms with van der Waals surface area (Å²) in [5.41, 5.74) is 8.41. The number of fused-ring (bicyclic) bond motifs is 3. The zero-order chi connectivity index (χ0) is 22.2. The summed E-state index contributed by atoms with van der Waals surface area (Å²) in [6.45, 7) is 0. The van der Waals surface area contributed by atoms with Crippen molar-refractivity contribution in [3.63, 3.8) is 0 Å². The molecule has 2 nitrogen and oxygen atoms in total. The maximum absolute atomic E-state index is 6.20. The topological polar surface area (TPSA) is 25.8 Å². The quantitative estimate of drug-likeness (QED) is 0.203. The van der Waals surface area contributed by atoms with E-state index in [1.165, 1.54) is 22.3 Å². The molecule has 0 fully saturated rings. The second kappa shape index (κ2) is 8.16. The second-order valence-electron chi connectivity index (χ2n) is 8.03. The molecule has 0 N–H and O–H groups in total. The lowest BCUT2D eigenvalue weighted by Crippen LogP contribution is -1.91. The highest BCUT2D eigenvalue weighted by Crippen LogP contribution is 2.36. The van der Waals surface area contributed by atoms with Gasteiger partial charge in [-0.1, -0.05) is 103 Å². The van der Waals surface area contributed by atoms with E-state index in [0.29, 0.717) is 5.15 Å². The molecule has 0 saturated carbocycles. The molecule has 0 radical (unpaired) electrons. The zero-order valence-corrected chi connectivity index (χ0v) is 18.5. The van der Waals surface area contributed by atoms with Crippen LogP contribution in [0.15, 0.2) is 115 Å². The van der Waals surface area contributed by atoms with Crippen LogP contribution in [0.4, 0.5) is 0 Å². The predicted molar refractivity (Wildman–Crippen MR) is 138 cm³/mol. The summed E-state index contributed by atoms with van der Waals surface area (Å²) in [6.07, 6.45) is 0. The number of halogens is 1. The molecule has 0 aliphatic heterocycles. The van der Waals surface area contributed by atoms with Gasteiger partial charge in [0.15, 0.2) is 0 Å². The van der Waals surface area contributed by atoms with Gasteiger partial charge in [-0.15, -0.1) is 0 Å². The third-order valence-corrected chi connectivity index (χ3v) is 6.18. The Morgan fingerprint density at radius 3 is 1.73 bits per heavy atom. The molecule has 2 heterocycles. The van der Waals surface area contributed by atoms with Gasteiger partial charge in [-0.3, -0.25) is 0 Å². The average Bonchev–Trinajstić information content (AvgIpc) is 2.89. The second-order valence-corrected chi connectivity index (χ2v) is 8.42. The highest BCUT2D eigenvalue weighted by atomic mass is 35.5. The van der Waals surface area contributed by atoms with Crippen LogP contribution in [0, 0.1) is 0 Å². The van der Waals surface area contributed by atoms with E-state index >= 15 is 0 Å². The number of pyridine rings is 2. The summed E-state index contributed by atoms with van der Waals surface area (Å²) < 4.78 is 0. The lowest BCUT2D eigenvalue weighted by Gasteiger charge is -2.13. The van der Waals surface area contributed by atoms with Crippen molar-refractivity contribution in [3.8, 4) is 33.5 Å². The van der Waals surface area contributed by atoms with Crippen LogP contribution in [0.5, 0.6) is 0 Å². The number of hydrogen-bond donors (Lipinski definition) is 0. The van der Waals surface area contributed by atoms with E-state index in [-0.39, 0.29) is 0 Å². The summed E-state index contributed by atoms with van der Waals surface area (Å²) in [5, 5.41) is 2.55. The van der Waals surface area contributed by atoms with Gasteiger partial charge >= 0.3 is 0 Å². The molecular weight excluding hydrogens is 424 g/mol. The number of nitrogens with zero attached hydrogens (tertiary/aromatic N) is 2. The Morgan fingerprint density at radius 2 is 1.03 bits per heavy atom. The molecule has 0 aliphatic carbocycles. The van der Waals surface area contributed by atoms with Crippen molar-refractivity contribution in [2.45, 2.75) is 0 Å². The molecule has 33 heavy (non-hydrogen) atoms. The molecule has 0 unspecified atom stereocenters. The minimum Gasteiger partial charge on any atom is -0.245 e. The molecule has 0 spiro atoms. The fourth-order valence-electron chi connectivity index (χ4n) is 4.33. The van der Waals surface area contributed by atoms with Gasteiger partial charge in [-0.05, 0) is 46.5 Å². The maximum Gasteiger partial charge on any atom is 0.129 e. The summed E-state index contributed by atoms with van der Waals surface area (Å²) in [4.78, 5) is 9.59. The number of aromatic nitrogens is 2. The van der Waals surface area contributed by atoms with Crippen molar-refractivity contribution in [2.24, 2.45) is 0 Å². The first-order valence-electron chi connectivity index (χ1n) is 10.9. The number of benzene rings is 4. The first-order valence-corrected chi connectivity index (χ1v) is 11.3. The van der Waals surface area contributed by atoms with Crippen molar-refractivity contribution in [1.82, 2.24) is 9.97 Å². The lowest BCUT2D eigenvalue weighted by atomic mass is 9.92. The SMILES string of the molecule is Clc1ccc2ccc3ccc(-c4ccc(-c5ccccc5)c(-c5ccccc5)c4)nc3c2n1. The van der Waals surface area contributed by atoms with E-state index < -0.39 is 0 Å². The van der Waals surface area contributed by atoms with Crippen LogP contribution in [-0.4, -0.2) is 9.97 Å². The van der Waals surface area contributed by atoms with Crippen LogP contribution in [0.25, 0.3) is 55.3 Å². The van der Waals surface area contributed by atoms with Gasteiger partial charge in [0.05, 0.1) is 16.7 Å². The lowest BCUT2D eigenvalue weighted by molar-refractivity contribution is 1.37. The summed E-state index contributed by atoms with van der Waals surface area (Å²) in [5.74, 6) is 0. The Kier molecular flexibility index (Phi) is 4.86. The first kappa shape index (κ1) is 19.7. The van der Waals surface area contributed by atoms with Crippen molar-refractivity contribution in [1.29, 1.82) is 0 Å². The van der Waals surface area contributed by atoms with E-state index in [2.05, 4.69) is 96.0 Å². The molecule has 6 aromatic rings. The number of rotatable bonds is 3. The van der Waals surface area contributed by atoms with Crippen LogP contribution in [0.1, 0.15) is 0 Å². The zero-order valence-electron chi connectivity index (χ0n) is 17.7. The fourth-order valence-corrected chi connectivity index (χ4v) is 4.48. The van der Waals surface area contributed by atoms with Gasteiger partial charge in [0, 0.05) is 16.3 Å². The van der Waals surface area contributed by atoms with E-state index in [1.807, 2.05) is 24.3 Å². The molecular formula is C30H19ClN2. The molecule has 0 aliphatic rings. The fraction of sp³-hybridized carbons (Fsp3) is 0. The Morgan fingerprint density at radius 1 is 0.455 bits per heavy atom. The highest BCUT2D eigenvalue weighted by Gasteiger charge is 2.12. The summed E-state index contributed by atoms with van der Waals surface area (Å²) in [6, 6.07) is 39.7. The van der Waals surface area contributed by atoms with Gasteiger partial charge in [-0.25, -0.2) is 9.97 Å². The normalized spacial score (nSPS) is 11.2. The minimum atomic E-state index is 0.473. The van der Waals surface area contributed by atoms with Gasteiger partial charge in [0.2, 0.25) is 0 Å². The van der Waals surface area contributed by atoms with Gasteiger partial charge < -0.3 is 0 Å². The van der Waals surface area contributed by atoms with E-state index in [0.717, 1.165) is 33.1 Å². The Labute approximate surface area is 197 Å². The smallest absolute Gasteiger partial charge is 0.129 e. The Balaban J connectivity index is 1.56. The van der Waals surface area contributed by atoms with E-state index in [9.17, 15) is 0 Å². The highest BCUT2D eigenvalue weighted by molar-refractivity contribution is 6.30. The van der Waals surface area contributed by atoms with Crippen molar-refractivity contribution < 1.29 is 0 Å². The third kappa shape index (κ3) is 3.65. The molecule has 3 heteroatoms. The third-order valence-electron chi connectivity index (χ3n) is 5.97. The van der Waals surface area contributed by atoms with Gasteiger partial charge in [0.25, 0.3) is 0 Å². The van der Waals surface area contributed by atoms with Crippen molar-refractivity contribution >= 4 is 33.4 Å². The Hall–Kier alpha value is -4.01. The van der Waals surface area contributed by atoms with Crippen LogP contribution in [0.2, 0.25) is 5.15 Å². The largest absolute Gasteiger partial charge is 0.245 e. The number of hydrogen-bond acceptors (Lipinski definition) is 2. The molecule has 4 aromatic carbocycles. The monoisotopic (exact) mass is 442 g/mol. The molecule has 6 rings (SSSR count).